The third kappa shape index (κ3) is 3.10. The minimum Gasteiger partial charge on any atom is -0.497 e. The highest BCUT2D eigenvalue weighted by atomic mass is 19.4. The Morgan fingerprint density at radius 1 is 1.15 bits per heavy atom. The van der Waals surface area contributed by atoms with Gasteiger partial charge >= 0.3 is 12.1 Å². The second-order valence-electron chi connectivity index (χ2n) is 5.25. The molecule has 0 aliphatic rings. The predicted octanol–water partition coefficient (Wildman–Crippen LogP) is 3.66. The van der Waals surface area contributed by atoms with Gasteiger partial charge in [-0.1, -0.05) is 29.5 Å². The van der Waals surface area contributed by atoms with Gasteiger partial charge in [0, 0.05) is 5.56 Å². The summed E-state index contributed by atoms with van der Waals surface area (Å²) in [7, 11) is 1.42. The number of hydrogen-bond acceptors (Lipinski definition) is 4. The summed E-state index contributed by atoms with van der Waals surface area (Å²) in [5.41, 5.74) is -1.50. The summed E-state index contributed by atoms with van der Waals surface area (Å²) in [5.74, 6) is -0.991. The van der Waals surface area contributed by atoms with Crippen LogP contribution in [0.4, 0.5) is 13.2 Å². The van der Waals surface area contributed by atoms with Crippen molar-refractivity contribution in [3.63, 3.8) is 0 Å². The van der Waals surface area contributed by atoms with Gasteiger partial charge in [0.2, 0.25) is 0 Å². The molecule has 26 heavy (non-hydrogen) atoms. The number of aromatic nitrogens is 3. The molecule has 0 saturated carbocycles. The zero-order valence-corrected chi connectivity index (χ0v) is 13.4. The number of benzene rings is 2. The highest BCUT2D eigenvalue weighted by Crippen LogP contribution is 2.36. The van der Waals surface area contributed by atoms with Crippen LogP contribution in [0.3, 0.4) is 0 Å². The van der Waals surface area contributed by atoms with Crippen LogP contribution in [0.15, 0.2) is 48.5 Å². The largest absolute Gasteiger partial charge is 0.497 e. The monoisotopic (exact) mass is 363 g/mol. The standard InChI is InChI=1S/C17H12F3N3O3/c1-26-11-6-4-5-10(9-11)15-14(16(24)25)21-22-23(15)13-8-3-2-7-12(13)17(18,19)20/h2-9H,1H3,(H,24,25). The normalized spacial score (nSPS) is 11.4. The number of halogens is 3. The first-order valence-electron chi connectivity index (χ1n) is 7.33. The Morgan fingerprint density at radius 3 is 2.54 bits per heavy atom. The zero-order chi connectivity index (χ0) is 18.9. The molecule has 2 aromatic carbocycles. The number of nitrogens with zero attached hydrogens (tertiary/aromatic N) is 3. The van der Waals surface area contributed by atoms with E-state index in [1.807, 2.05) is 0 Å². The average molecular weight is 363 g/mol. The van der Waals surface area contributed by atoms with Crippen molar-refractivity contribution in [2.75, 3.05) is 7.11 Å². The fourth-order valence-corrected chi connectivity index (χ4v) is 2.52. The van der Waals surface area contributed by atoms with Gasteiger partial charge in [0.25, 0.3) is 0 Å². The summed E-state index contributed by atoms with van der Waals surface area (Å²) in [6.45, 7) is 0. The van der Waals surface area contributed by atoms with Crippen molar-refractivity contribution in [2.24, 2.45) is 0 Å². The van der Waals surface area contributed by atoms with Crippen LogP contribution in [-0.4, -0.2) is 33.2 Å². The van der Waals surface area contributed by atoms with E-state index in [9.17, 15) is 23.1 Å². The summed E-state index contributed by atoms with van der Waals surface area (Å²) in [6, 6.07) is 11.0. The number of hydrogen-bond donors (Lipinski definition) is 1. The fraction of sp³-hybridized carbons (Fsp3) is 0.118. The number of carboxylic acids is 1. The molecule has 0 spiro atoms. The van der Waals surface area contributed by atoms with Gasteiger partial charge in [-0.3, -0.25) is 0 Å². The lowest BCUT2D eigenvalue weighted by molar-refractivity contribution is -0.137. The summed E-state index contributed by atoms with van der Waals surface area (Å²) < 4.78 is 46.0. The minimum absolute atomic E-state index is 0.0758. The summed E-state index contributed by atoms with van der Waals surface area (Å²) >= 11 is 0. The minimum atomic E-state index is -4.64. The van der Waals surface area contributed by atoms with Crippen molar-refractivity contribution in [1.82, 2.24) is 15.0 Å². The first-order valence-corrected chi connectivity index (χ1v) is 7.33. The van der Waals surface area contributed by atoms with Gasteiger partial charge in [-0.05, 0) is 24.3 Å². The number of alkyl halides is 3. The molecule has 1 N–H and O–H groups in total. The van der Waals surface area contributed by atoms with E-state index in [4.69, 9.17) is 4.74 Å². The van der Waals surface area contributed by atoms with Gasteiger partial charge < -0.3 is 9.84 Å². The predicted molar refractivity (Wildman–Crippen MR) is 85.3 cm³/mol. The topological polar surface area (TPSA) is 77.2 Å². The van der Waals surface area contributed by atoms with Gasteiger partial charge in [0.1, 0.15) is 11.4 Å². The quantitative estimate of drug-likeness (QED) is 0.765. The van der Waals surface area contributed by atoms with Crippen molar-refractivity contribution in [3.05, 3.63) is 59.8 Å². The van der Waals surface area contributed by atoms with Crippen molar-refractivity contribution >= 4 is 5.97 Å². The van der Waals surface area contributed by atoms with Crippen molar-refractivity contribution in [1.29, 1.82) is 0 Å². The number of ether oxygens (including phenoxy) is 1. The first kappa shape index (κ1) is 17.5. The van der Waals surface area contributed by atoms with E-state index in [0.29, 0.717) is 11.3 Å². The SMILES string of the molecule is COc1cccc(-c2c(C(=O)O)nnn2-c2ccccc2C(F)(F)F)c1. The zero-order valence-electron chi connectivity index (χ0n) is 13.4. The highest BCUT2D eigenvalue weighted by Gasteiger charge is 2.35. The lowest BCUT2D eigenvalue weighted by Crippen LogP contribution is -2.12. The van der Waals surface area contributed by atoms with E-state index in [1.54, 1.807) is 18.2 Å². The van der Waals surface area contributed by atoms with Crippen LogP contribution in [0.2, 0.25) is 0 Å². The van der Waals surface area contributed by atoms with Gasteiger partial charge in [-0.15, -0.1) is 5.10 Å². The molecule has 0 saturated heterocycles. The molecule has 1 aromatic heterocycles. The Hall–Kier alpha value is -3.36. The van der Waals surface area contributed by atoms with Crippen LogP contribution < -0.4 is 4.74 Å². The maximum atomic E-state index is 13.4. The third-order valence-corrected chi connectivity index (χ3v) is 3.65. The molecular weight excluding hydrogens is 351 g/mol. The Kier molecular flexibility index (Phi) is 4.37. The molecule has 0 amide bonds. The maximum absolute atomic E-state index is 13.4. The van der Waals surface area contributed by atoms with Crippen LogP contribution in [-0.2, 0) is 6.18 Å². The van der Waals surface area contributed by atoms with Crippen LogP contribution in [0.1, 0.15) is 16.1 Å². The average Bonchev–Trinajstić information content (AvgIpc) is 3.06. The fourth-order valence-electron chi connectivity index (χ4n) is 2.52. The van der Waals surface area contributed by atoms with E-state index in [-0.39, 0.29) is 11.4 Å². The molecule has 0 aliphatic heterocycles. The Morgan fingerprint density at radius 2 is 1.88 bits per heavy atom. The maximum Gasteiger partial charge on any atom is 0.418 e. The molecule has 9 heteroatoms. The molecular formula is C17H12F3N3O3. The van der Waals surface area contributed by atoms with Gasteiger partial charge in [-0.2, -0.15) is 13.2 Å². The highest BCUT2D eigenvalue weighted by molar-refractivity contribution is 5.93. The summed E-state index contributed by atoms with van der Waals surface area (Å²) in [4.78, 5) is 11.5. The lowest BCUT2D eigenvalue weighted by Gasteiger charge is -2.14. The number of para-hydroxylation sites is 1. The van der Waals surface area contributed by atoms with Gasteiger partial charge in [0.05, 0.1) is 18.4 Å². The van der Waals surface area contributed by atoms with Gasteiger partial charge in [-0.25, -0.2) is 9.48 Å². The molecule has 134 valence electrons. The van der Waals surface area contributed by atoms with Gasteiger partial charge in [0.15, 0.2) is 5.69 Å². The van der Waals surface area contributed by atoms with Crippen molar-refractivity contribution in [2.45, 2.75) is 6.18 Å². The van der Waals surface area contributed by atoms with Crippen LogP contribution >= 0.6 is 0 Å². The van der Waals surface area contributed by atoms with E-state index in [0.717, 1.165) is 10.7 Å². The summed E-state index contributed by atoms with van der Waals surface area (Å²) in [5, 5.41) is 16.6. The Balaban J connectivity index is 2.30. The Labute approximate surface area is 145 Å². The second kappa shape index (κ2) is 6.51. The van der Waals surface area contributed by atoms with E-state index in [2.05, 4.69) is 10.3 Å². The lowest BCUT2D eigenvalue weighted by atomic mass is 10.1. The number of methoxy groups -OCH3 is 1. The molecule has 0 aliphatic carbocycles. The van der Waals surface area contributed by atoms with Crippen LogP contribution in [0.5, 0.6) is 5.75 Å². The van der Waals surface area contributed by atoms with E-state index in [1.165, 1.54) is 31.4 Å². The van der Waals surface area contributed by atoms with Crippen LogP contribution in [0, 0.1) is 0 Å². The molecule has 0 bridgehead atoms. The second-order valence-corrected chi connectivity index (χ2v) is 5.25. The number of carbonyl (C=O) groups is 1. The third-order valence-electron chi connectivity index (χ3n) is 3.65. The summed E-state index contributed by atoms with van der Waals surface area (Å²) in [6.07, 6.45) is -4.64. The van der Waals surface area contributed by atoms with Crippen molar-refractivity contribution in [3.8, 4) is 22.7 Å². The molecule has 0 fully saturated rings. The molecule has 3 rings (SSSR count). The molecule has 3 aromatic rings. The molecule has 0 radical (unpaired) electrons. The van der Waals surface area contributed by atoms with E-state index < -0.39 is 23.4 Å². The smallest absolute Gasteiger partial charge is 0.418 e. The number of carboxylic acid groups (broad SMARTS) is 1. The van der Waals surface area contributed by atoms with E-state index >= 15 is 0 Å². The van der Waals surface area contributed by atoms with Crippen LogP contribution in [0.25, 0.3) is 16.9 Å². The molecule has 1 heterocycles. The number of aromatic carboxylic acids is 1. The first-order chi connectivity index (χ1) is 12.3. The molecule has 6 nitrogen and oxygen atoms in total. The molecule has 0 unspecified atom stereocenters. The Bertz CT molecular complexity index is 967. The van der Waals surface area contributed by atoms with Crippen molar-refractivity contribution < 1.29 is 27.8 Å². The molecule has 0 atom stereocenters. The number of rotatable bonds is 4.